The van der Waals surface area contributed by atoms with Crippen molar-refractivity contribution < 1.29 is 0 Å². The first-order valence-corrected chi connectivity index (χ1v) is 5.26. The zero-order valence-electron chi connectivity index (χ0n) is 8.10. The van der Waals surface area contributed by atoms with Crippen molar-refractivity contribution >= 4 is 0 Å². The van der Waals surface area contributed by atoms with Crippen molar-refractivity contribution in [3.63, 3.8) is 0 Å². The first kappa shape index (κ1) is 8.52. The number of hydrogen-bond acceptors (Lipinski definition) is 2. The lowest BCUT2D eigenvalue weighted by molar-refractivity contribution is 0.240. The molecule has 2 heterocycles. The summed E-state index contributed by atoms with van der Waals surface area (Å²) in [6.07, 6.45) is 5.56. The summed E-state index contributed by atoms with van der Waals surface area (Å²) in [5, 5.41) is 3.62. The minimum absolute atomic E-state index is 0.435. The van der Waals surface area contributed by atoms with Crippen molar-refractivity contribution in [2.45, 2.75) is 38.1 Å². The van der Waals surface area contributed by atoms with Gasteiger partial charge >= 0.3 is 0 Å². The monoisotopic (exact) mass is 168 g/mol. The summed E-state index contributed by atoms with van der Waals surface area (Å²) in [5.74, 6) is 0. The summed E-state index contributed by atoms with van der Waals surface area (Å²) < 4.78 is 0. The first-order valence-electron chi connectivity index (χ1n) is 5.26. The highest BCUT2D eigenvalue weighted by atomic mass is 15.2. The molecule has 70 valence electrons. The smallest absolute Gasteiger partial charge is 0.0280 e. The molecule has 2 nitrogen and oxygen atoms in total. The molecule has 2 fully saturated rings. The predicted molar refractivity (Wildman–Crippen MR) is 51.3 cm³/mol. The highest BCUT2D eigenvalue weighted by Crippen LogP contribution is 2.21. The van der Waals surface area contributed by atoms with Gasteiger partial charge in [-0.05, 0) is 52.2 Å². The topological polar surface area (TPSA) is 15.3 Å². The van der Waals surface area contributed by atoms with Crippen LogP contribution in [-0.4, -0.2) is 36.6 Å². The molecule has 2 aliphatic rings. The van der Waals surface area contributed by atoms with Crippen LogP contribution in [0, 0.1) is 0 Å². The van der Waals surface area contributed by atoms with Crippen molar-refractivity contribution in [3.8, 4) is 0 Å². The Morgan fingerprint density at radius 1 is 1.25 bits per heavy atom. The van der Waals surface area contributed by atoms with Crippen molar-refractivity contribution in [1.29, 1.82) is 0 Å². The number of rotatable bonds is 2. The molecule has 0 spiro atoms. The molecule has 1 unspecified atom stereocenters. The fourth-order valence-corrected chi connectivity index (χ4v) is 2.53. The van der Waals surface area contributed by atoms with Gasteiger partial charge in [0.05, 0.1) is 0 Å². The van der Waals surface area contributed by atoms with Crippen molar-refractivity contribution in [1.82, 2.24) is 10.2 Å². The molecular formula is C10H20N2. The van der Waals surface area contributed by atoms with Crippen LogP contribution in [0.4, 0.5) is 0 Å². The lowest BCUT2D eigenvalue weighted by Crippen LogP contribution is -2.46. The van der Waals surface area contributed by atoms with Gasteiger partial charge in [-0.2, -0.15) is 0 Å². The third-order valence-corrected chi connectivity index (χ3v) is 3.23. The van der Waals surface area contributed by atoms with Gasteiger partial charge in [-0.1, -0.05) is 0 Å². The Morgan fingerprint density at radius 2 is 2.00 bits per heavy atom. The van der Waals surface area contributed by atoms with Crippen LogP contribution in [0.2, 0.25) is 0 Å². The van der Waals surface area contributed by atoms with E-state index in [-0.39, 0.29) is 0 Å². The molecule has 2 heteroatoms. The minimum atomic E-state index is 0.435. The van der Waals surface area contributed by atoms with E-state index in [4.69, 9.17) is 0 Å². The van der Waals surface area contributed by atoms with E-state index in [1.165, 1.54) is 51.9 Å². The van der Waals surface area contributed by atoms with Crippen LogP contribution in [0.1, 0.15) is 32.6 Å². The second-order valence-electron chi connectivity index (χ2n) is 4.57. The predicted octanol–water partition coefficient (Wildman–Crippen LogP) is 1.22. The SMILES string of the molecule is CC1(CN2CCCC2)CCCN1. The second kappa shape index (κ2) is 3.35. The summed E-state index contributed by atoms with van der Waals surface area (Å²) in [4.78, 5) is 2.61. The van der Waals surface area contributed by atoms with Crippen molar-refractivity contribution in [2.75, 3.05) is 26.2 Å². The zero-order valence-corrected chi connectivity index (χ0v) is 8.10. The molecule has 1 N–H and O–H groups in total. The second-order valence-corrected chi connectivity index (χ2v) is 4.57. The normalized spacial score (nSPS) is 37.8. The van der Waals surface area contributed by atoms with Crippen LogP contribution >= 0.6 is 0 Å². The van der Waals surface area contributed by atoms with Crippen LogP contribution in [0.5, 0.6) is 0 Å². The van der Waals surface area contributed by atoms with Crippen LogP contribution in [0.25, 0.3) is 0 Å². The Morgan fingerprint density at radius 3 is 2.58 bits per heavy atom. The Labute approximate surface area is 75.3 Å². The maximum Gasteiger partial charge on any atom is 0.0280 e. The molecule has 0 saturated carbocycles. The molecule has 0 bridgehead atoms. The first-order chi connectivity index (χ1) is 5.79. The highest BCUT2D eigenvalue weighted by molar-refractivity contribution is 4.92. The Kier molecular flexibility index (Phi) is 2.37. The van der Waals surface area contributed by atoms with E-state index < -0.39 is 0 Å². The molecule has 0 aromatic rings. The van der Waals surface area contributed by atoms with E-state index >= 15 is 0 Å². The number of likely N-dealkylation sites (tertiary alicyclic amines) is 1. The lowest BCUT2D eigenvalue weighted by atomic mass is 10.00. The van der Waals surface area contributed by atoms with Crippen LogP contribution in [-0.2, 0) is 0 Å². The van der Waals surface area contributed by atoms with Gasteiger partial charge in [0.15, 0.2) is 0 Å². The zero-order chi connectivity index (χ0) is 8.44. The van der Waals surface area contributed by atoms with Gasteiger partial charge < -0.3 is 10.2 Å². The van der Waals surface area contributed by atoms with Crippen molar-refractivity contribution in [2.24, 2.45) is 0 Å². The van der Waals surface area contributed by atoms with E-state index in [2.05, 4.69) is 17.1 Å². The fraction of sp³-hybridized carbons (Fsp3) is 1.00. The molecule has 0 aromatic heterocycles. The van der Waals surface area contributed by atoms with Crippen LogP contribution in [0.15, 0.2) is 0 Å². The average molecular weight is 168 g/mol. The number of nitrogens with zero attached hydrogens (tertiary/aromatic N) is 1. The molecule has 0 radical (unpaired) electrons. The third kappa shape index (κ3) is 1.80. The molecule has 12 heavy (non-hydrogen) atoms. The van der Waals surface area contributed by atoms with Gasteiger partial charge in [-0.25, -0.2) is 0 Å². The molecule has 2 saturated heterocycles. The molecule has 2 aliphatic heterocycles. The largest absolute Gasteiger partial charge is 0.310 e. The van der Waals surface area contributed by atoms with E-state index in [0.717, 1.165) is 0 Å². The summed E-state index contributed by atoms with van der Waals surface area (Å²) in [5.41, 5.74) is 0.435. The van der Waals surface area contributed by atoms with Gasteiger partial charge in [0.25, 0.3) is 0 Å². The summed E-state index contributed by atoms with van der Waals surface area (Å²) in [6, 6.07) is 0. The van der Waals surface area contributed by atoms with Crippen LogP contribution < -0.4 is 5.32 Å². The Balaban J connectivity index is 1.83. The molecular weight excluding hydrogens is 148 g/mol. The highest BCUT2D eigenvalue weighted by Gasteiger charge is 2.30. The lowest BCUT2D eigenvalue weighted by Gasteiger charge is -2.29. The Bertz CT molecular complexity index is 144. The van der Waals surface area contributed by atoms with E-state index in [1.54, 1.807) is 0 Å². The van der Waals surface area contributed by atoms with Gasteiger partial charge in [0.1, 0.15) is 0 Å². The fourth-order valence-electron chi connectivity index (χ4n) is 2.53. The molecule has 0 aliphatic carbocycles. The number of hydrogen-bond donors (Lipinski definition) is 1. The van der Waals surface area contributed by atoms with Crippen LogP contribution in [0.3, 0.4) is 0 Å². The quantitative estimate of drug-likeness (QED) is 0.667. The third-order valence-electron chi connectivity index (χ3n) is 3.23. The van der Waals surface area contributed by atoms with Gasteiger partial charge in [0, 0.05) is 12.1 Å². The summed E-state index contributed by atoms with van der Waals surface area (Å²) >= 11 is 0. The molecule has 0 aromatic carbocycles. The Hall–Kier alpha value is -0.0800. The maximum atomic E-state index is 3.62. The average Bonchev–Trinajstić information content (AvgIpc) is 2.62. The van der Waals surface area contributed by atoms with Gasteiger partial charge in [0.2, 0.25) is 0 Å². The minimum Gasteiger partial charge on any atom is -0.310 e. The van der Waals surface area contributed by atoms with E-state index in [9.17, 15) is 0 Å². The van der Waals surface area contributed by atoms with Gasteiger partial charge in [-0.15, -0.1) is 0 Å². The summed E-state index contributed by atoms with van der Waals surface area (Å²) in [6.45, 7) is 7.53. The van der Waals surface area contributed by atoms with Gasteiger partial charge in [-0.3, -0.25) is 0 Å². The molecule has 2 rings (SSSR count). The standard InChI is InChI=1S/C10H20N2/c1-10(5-4-6-11-10)9-12-7-2-3-8-12/h11H,2-9H2,1H3. The molecule has 1 atom stereocenters. The van der Waals surface area contributed by atoms with Crippen molar-refractivity contribution in [3.05, 3.63) is 0 Å². The maximum absolute atomic E-state index is 3.62. The van der Waals surface area contributed by atoms with E-state index in [1.807, 2.05) is 0 Å². The number of nitrogens with one attached hydrogen (secondary N) is 1. The molecule has 0 amide bonds. The van der Waals surface area contributed by atoms with E-state index in [0.29, 0.717) is 5.54 Å². The summed E-state index contributed by atoms with van der Waals surface area (Å²) in [7, 11) is 0.